The third-order valence-electron chi connectivity index (χ3n) is 4.18. The number of anilines is 1. The highest BCUT2D eigenvalue weighted by Crippen LogP contribution is 2.22. The van der Waals surface area contributed by atoms with E-state index in [1.54, 1.807) is 49.0 Å². The van der Waals surface area contributed by atoms with E-state index in [1.165, 1.54) is 4.90 Å². The number of carbonyl (C=O) groups is 2. The fourth-order valence-electron chi connectivity index (χ4n) is 2.74. The predicted octanol–water partition coefficient (Wildman–Crippen LogP) is 3.15. The van der Waals surface area contributed by atoms with Crippen LogP contribution in [0.25, 0.3) is 5.69 Å². The highest BCUT2D eigenvalue weighted by Gasteiger charge is 2.17. The molecular weight excluding hydrogens is 382 g/mol. The molecule has 8 nitrogen and oxygen atoms in total. The van der Waals surface area contributed by atoms with Crippen molar-refractivity contribution in [1.29, 1.82) is 0 Å². The molecule has 2 heterocycles. The van der Waals surface area contributed by atoms with Gasteiger partial charge in [0.15, 0.2) is 5.82 Å². The molecule has 0 spiro atoms. The molecule has 0 saturated heterocycles. The topological polar surface area (TPSA) is 93.3 Å². The molecule has 1 aromatic carbocycles. The molecular formula is C19H20ClN5O3. The fourth-order valence-corrected chi connectivity index (χ4v) is 2.85. The molecule has 0 aliphatic rings. The van der Waals surface area contributed by atoms with Crippen LogP contribution >= 0.6 is 11.6 Å². The van der Waals surface area contributed by atoms with Gasteiger partial charge in [0.2, 0.25) is 5.91 Å². The van der Waals surface area contributed by atoms with Gasteiger partial charge in [-0.25, -0.2) is 4.68 Å². The molecule has 28 heavy (non-hydrogen) atoms. The maximum absolute atomic E-state index is 12.6. The van der Waals surface area contributed by atoms with Crippen LogP contribution in [0.3, 0.4) is 0 Å². The predicted molar refractivity (Wildman–Crippen MR) is 105 cm³/mol. The Balaban J connectivity index is 1.66. The second-order valence-electron chi connectivity index (χ2n) is 6.48. The van der Waals surface area contributed by atoms with Gasteiger partial charge in [-0.2, -0.15) is 5.10 Å². The van der Waals surface area contributed by atoms with Crippen molar-refractivity contribution in [3.05, 3.63) is 58.1 Å². The van der Waals surface area contributed by atoms with Gasteiger partial charge >= 0.3 is 0 Å². The summed E-state index contributed by atoms with van der Waals surface area (Å²) in [5.74, 6) is 0.266. The zero-order valence-electron chi connectivity index (χ0n) is 16.0. The fraction of sp³-hybridized carbons (Fsp3) is 0.263. The van der Waals surface area contributed by atoms with Crippen LogP contribution in [0.5, 0.6) is 0 Å². The van der Waals surface area contributed by atoms with Crippen LogP contribution in [0.4, 0.5) is 5.82 Å². The van der Waals surface area contributed by atoms with E-state index in [1.807, 2.05) is 13.8 Å². The first-order valence-electron chi connectivity index (χ1n) is 8.57. The van der Waals surface area contributed by atoms with Crippen molar-refractivity contribution in [2.45, 2.75) is 20.8 Å². The standard InChI is InChI=1S/C19H20ClN5O3/c1-11-9-16(23-28-11)21-17(26)10-24(4)19(27)14-5-7-15(8-6-14)25-13(3)18(20)12(2)22-25/h5-9H,10H2,1-4H3,(H,21,23,26). The number of aryl methyl sites for hydroxylation is 2. The molecule has 1 N–H and O–H groups in total. The second kappa shape index (κ2) is 7.85. The Morgan fingerprint density at radius 1 is 1.21 bits per heavy atom. The molecule has 3 aromatic rings. The number of amides is 2. The van der Waals surface area contributed by atoms with Crippen molar-refractivity contribution in [3.8, 4) is 5.69 Å². The Morgan fingerprint density at radius 2 is 1.89 bits per heavy atom. The molecule has 0 unspecified atom stereocenters. The first kappa shape index (κ1) is 19.6. The Morgan fingerprint density at radius 3 is 2.43 bits per heavy atom. The first-order valence-corrected chi connectivity index (χ1v) is 8.95. The normalized spacial score (nSPS) is 10.8. The van der Waals surface area contributed by atoms with Crippen LogP contribution in [-0.2, 0) is 4.79 Å². The molecule has 0 saturated carbocycles. The molecule has 9 heteroatoms. The summed E-state index contributed by atoms with van der Waals surface area (Å²) < 4.78 is 6.62. The van der Waals surface area contributed by atoms with E-state index in [0.717, 1.165) is 17.1 Å². The molecule has 0 bridgehead atoms. The maximum Gasteiger partial charge on any atom is 0.254 e. The Kier molecular flexibility index (Phi) is 5.51. The zero-order valence-corrected chi connectivity index (χ0v) is 16.7. The van der Waals surface area contributed by atoms with E-state index < -0.39 is 0 Å². The van der Waals surface area contributed by atoms with Crippen LogP contribution in [0.1, 0.15) is 27.5 Å². The van der Waals surface area contributed by atoms with Gasteiger partial charge in [0.05, 0.1) is 28.6 Å². The number of carbonyl (C=O) groups excluding carboxylic acids is 2. The lowest BCUT2D eigenvalue weighted by Gasteiger charge is -2.16. The van der Waals surface area contributed by atoms with Crippen molar-refractivity contribution in [3.63, 3.8) is 0 Å². The number of nitrogens with one attached hydrogen (secondary N) is 1. The number of likely N-dealkylation sites (N-methyl/N-ethyl adjacent to an activating group) is 1. The molecule has 2 amide bonds. The Labute approximate surface area is 167 Å². The average Bonchev–Trinajstić information content (AvgIpc) is 3.18. The Hall–Kier alpha value is -3.13. The van der Waals surface area contributed by atoms with Crippen molar-refractivity contribution in [2.75, 3.05) is 18.9 Å². The molecule has 0 aliphatic heterocycles. The molecule has 0 radical (unpaired) electrons. The Bertz CT molecular complexity index is 1020. The van der Waals surface area contributed by atoms with Crippen LogP contribution < -0.4 is 5.32 Å². The molecule has 0 aliphatic carbocycles. The SMILES string of the molecule is Cc1cc(NC(=O)CN(C)C(=O)c2ccc(-n3nc(C)c(Cl)c3C)cc2)no1. The minimum atomic E-state index is -0.363. The van der Waals surface area contributed by atoms with Gasteiger partial charge in [0, 0.05) is 18.7 Å². The quantitative estimate of drug-likeness (QED) is 0.708. The number of nitrogens with zero attached hydrogens (tertiary/aromatic N) is 4. The maximum atomic E-state index is 12.6. The molecule has 2 aromatic heterocycles. The highest BCUT2D eigenvalue weighted by atomic mass is 35.5. The third kappa shape index (κ3) is 4.07. The molecule has 3 rings (SSSR count). The number of benzene rings is 1. The lowest BCUT2D eigenvalue weighted by molar-refractivity contribution is -0.116. The van der Waals surface area contributed by atoms with Crippen molar-refractivity contribution in [2.24, 2.45) is 0 Å². The third-order valence-corrected chi connectivity index (χ3v) is 4.73. The van der Waals surface area contributed by atoms with Gasteiger partial charge in [-0.3, -0.25) is 9.59 Å². The minimum absolute atomic E-state index is 0.112. The number of hydrogen-bond donors (Lipinski definition) is 1. The van der Waals surface area contributed by atoms with Gasteiger partial charge in [-0.15, -0.1) is 0 Å². The van der Waals surface area contributed by atoms with Gasteiger partial charge in [-0.1, -0.05) is 16.8 Å². The summed E-state index contributed by atoms with van der Waals surface area (Å²) in [5, 5.41) is 11.3. The van der Waals surface area contributed by atoms with Gasteiger partial charge in [-0.05, 0) is 45.0 Å². The summed E-state index contributed by atoms with van der Waals surface area (Å²) in [6, 6.07) is 8.56. The first-order chi connectivity index (χ1) is 13.3. The van der Waals surface area contributed by atoms with E-state index in [-0.39, 0.29) is 18.4 Å². The van der Waals surface area contributed by atoms with Gasteiger partial charge < -0.3 is 14.7 Å². The summed E-state index contributed by atoms with van der Waals surface area (Å²) in [7, 11) is 1.56. The lowest BCUT2D eigenvalue weighted by atomic mass is 10.2. The van der Waals surface area contributed by atoms with E-state index in [0.29, 0.717) is 22.2 Å². The zero-order chi connectivity index (χ0) is 20.4. The lowest BCUT2D eigenvalue weighted by Crippen LogP contribution is -2.35. The van der Waals surface area contributed by atoms with E-state index >= 15 is 0 Å². The summed E-state index contributed by atoms with van der Waals surface area (Å²) >= 11 is 6.19. The van der Waals surface area contributed by atoms with E-state index in [9.17, 15) is 9.59 Å². The summed E-state index contributed by atoms with van der Waals surface area (Å²) in [5.41, 5.74) is 2.83. The summed E-state index contributed by atoms with van der Waals surface area (Å²) in [4.78, 5) is 26.0. The average molecular weight is 402 g/mol. The highest BCUT2D eigenvalue weighted by molar-refractivity contribution is 6.31. The summed E-state index contributed by atoms with van der Waals surface area (Å²) in [6.45, 7) is 5.33. The summed E-state index contributed by atoms with van der Waals surface area (Å²) in [6.07, 6.45) is 0. The van der Waals surface area contributed by atoms with Crippen molar-refractivity contribution < 1.29 is 14.1 Å². The second-order valence-corrected chi connectivity index (χ2v) is 6.85. The van der Waals surface area contributed by atoms with Crippen LogP contribution in [-0.4, -0.2) is 45.2 Å². The van der Waals surface area contributed by atoms with Crippen LogP contribution in [0.15, 0.2) is 34.9 Å². The molecule has 0 atom stereocenters. The minimum Gasteiger partial charge on any atom is -0.360 e. The van der Waals surface area contributed by atoms with E-state index in [4.69, 9.17) is 16.1 Å². The number of aromatic nitrogens is 3. The van der Waals surface area contributed by atoms with Crippen molar-refractivity contribution >= 4 is 29.2 Å². The smallest absolute Gasteiger partial charge is 0.254 e. The van der Waals surface area contributed by atoms with Crippen LogP contribution in [0, 0.1) is 20.8 Å². The monoisotopic (exact) mass is 401 g/mol. The van der Waals surface area contributed by atoms with Crippen LogP contribution in [0.2, 0.25) is 5.02 Å². The van der Waals surface area contributed by atoms with Gasteiger partial charge in [0.25, 0.3) is 5.91 Å². The molecule has 146 valence electrons. The largest absolute Gasteiger partial charge is 0.360 e. The molecule has 0 fully saturated rings. The number of rotatable bonds is 5. The number of hydrogen-bond acceptors (Lipinski definition) is 5. The van der Waals surface area contributed by atoms with Crippen molar-refractivity contribution in [1.82, 2.24) is 19.8 Å². The number of halogens is 1. The van der Waals surface area contributed by atoms with E-state index in [2.05, 4.69) is 15.6 Å². The van der Waals surface area contributed by atoms with Gasteiger partial charge in [0.1, 0.15) is 5.76 Å².